The van der Waals surface area contributed by atoms with Crippen LogP contribution in [-0.2, 0) is 4.74 Å². The van der Waals surface area contributed by atoms with Gasteiger partial charge in [-0.1, -0.05) is 58.4 Å². The lowest BCUT2D eigenvalue weighted by Crippen LogP contribution is -1.99. The van der Waals surface area contributed by atoms with Crippen LogP contribution in [0.2, 0.25) is 0 Å². The van der Waals surface area contributed by atoms with E-state index in [-0.39, 0.29) is 0 Å². The number of hydrogen-bond acceptors (Lipinski definition) is 1. The molecule has 1 rings (SSSR count). The van der Waals surface area contributed by atoms with Crippen molar-refractivity contribution in [1.82, 2.24) is 0 Å². The van der Waals surface area contributed by atoms with Gasteiger partial charge in [-0.25, -0.2) is 0 Å². The first kappa shape index (κ1) is 15.2. The molecule has 0 N–H and O–H groups in total. The van der Waals surface area contributed by atoms with Crippen LogP contribution >= 0.6 is 47.8 Å². The molecule has 0 atom stereocenters. The number of benzene rings is 1. The largest absolute Gasteiger partial charge is 0.373 e. The Balaban J connectivity index is 2.29. The lowest BCUT2D eigenvalue weighted by atomic mass is 10.2. The van der Waals surface area contributed by atoms with Crippen LogP contribution in [0, 0.1) is 0 Å². The Morgan fingerprint density at radius 1 is 1.18 bits per heavy atom. The summed E-state index contributed by atoms with van der Waals surface area (Å²) in [6.45, 7) is 1.22. The topological polar surface area (TPSA) is 9.23 Å². The van der Waals surface area contributed by atoms with E-state index in [1.165, 1.54) is 5.56 Å². The molecule has 92 valence electrons. The maximum absolute atomic E-state index is 5.54. The van der Waals surface area contributed by atoms with E-state index in [2.05, 4.69) is 66.0 Å². The SMILES string of the molecule is BrCC(COC/C=C/c1ccccc1)=C(Br)Br. The van der Waals surface area contributed by atoms with Crippen molar-refractivity contribution < 1.29 is 4.74 Å². The van der Waals surface area contributed by atoms with Gasteiger partial charge >= 0.3 is 0 Å². The monoisotopic (exact) mass is 422 g/mol. The molecule has 0 bridgehead atoms. The van der Waals surface area contributed by atoms with Gasteiger partial charge in [0.2, 0.25) is 0 Å². The van der Waals surface area contributed by atoms with Crippen molar-refractivity contribution in [2.75, 3.05) is 18.5 Å². The Hall–Kier alpha value is 0.1000. The van der Waals surface area contributed by atoms with Crippen LogP contribution in [-0.4, -0.2) is 18.5 Å². The Labute approximate surface area is 127 Å². The lowest BCUT2D eigenvalue weighted by molar-refractivity contribution is 0.188. The predicted molar refractivity (Wildman–Crippen MR) is 85.0 cm³/mol. The molecule has 4 heteroatoms. The Kier molecular flexibility index (Phi) is 8.10. The molecule has 0 aliphatic heterocycles. The van der Waals surface area contributed by atoms with E-state index in [4.69, 9.17) is 4.74 Å². The molecule has 0 saturated carbocycles. The first-order valence-corrected chi connectivity index (χ1v) is 7.83. The minimum absolute atomic E-state index is 0.607. The molecule has 0 aromatic heterocycles. The van der Waals surface area contributed by atoms with Crippen LogP contribution in [0.5, 0.6) is 0 Å². The average Bonchev–Trinajstić information content (AvgIpc) is 2.34. The van der Waals surface area contributed by atoms with Crippen molar-refractivity contribution in [2.24, 2.45) is 0 Å². The van der Waals surface area contributed by atoms with E-state index < -0.39 is 0 Å². The maximum Gasteiger partial charge on any atom is 0.0708 e. The highest BCUT2D eigenvalue weighted by Gasteiger charge is 1.99. The van der Waals surface area contributed by atoms with Gasteiger partial charge < -0.3 is 4.74 Å². The molecule has 0 aliphatic rings. The van der Waals surface area contributed by atoms with E-state index in [1.54, 1.807) is 0 Å². The summed E-state index contributed by atoms with van der Waals surface area (Å²) in [5, 5.41) is 0.793. The fraction of sp³-hybridized carbons (Fsp3) is 0.231. The van der Waals surface area contributed by atoms with Crippen molar-refractivity contribution >= 4 is 53.9 Å². The molecule has 0 heterocycles. The summed E-state index contributed by atoms with van der Waals surface area (Å²) < 4.78 is 6.49. The van der Waals surface area contributed by atoms with E-state index in [0.717, 1.165) is 14.3 Å². The fourth-order valence-corrected chi connectivity index (χ4v) is 2.85. The Morgan fingerprint density at radius 3 is 2.47 bits per heavy atom. The second kappa shape index (κ2) is 9.09. The first-order chi connectivity index (χ1) is 8.24. The maximum atomic E-state index is 5.54. The zero-order chi connectivity index (χ0) is 12.5. The third kappa shape index (κ3) is 6.55. The third-order valence-electron chi connectivity index (χ3n) is 2.03. The molecule has 17 heavy (non-hydrogen) atoms. The minimum Gasteiger partial charge on any atom is -0.373 e. The van der Waals surface area contributed by atoms with Crippen molar-refractivity contribution in [3.05, 3.63) is 50.9 Å². The van der Waals surface area contributed by atoms with Crippen LogP contribution in [0.25, 0.3) is 6.08 Å². The van der Waals surface area contributed by atoms with E-state index >= 15 is 0 Å². The summed E-state index contributed by atoms with van der Waals surface area (Å²) in [4.78, 5) is 0. The minimum atomic E-state index is 0.607. The summed E-state index contributed by atoms with van der Waals surface area (Å²) in [6.07, 6.45) is 4.07. The van der Waals surface area contributed by atoms with Gasteiger partial charge in [0.1, 0.15) is 0 Å². The predicted octanol–water partition coefficient (Wildman–Crippen LogP) is 5.11. The van der Waals surface area contributed by atoms with Crippen molar-refractivity contribution in [2.45, 2.75) is 0 Å². The lowest BCUT2D eigenvalue weighted by Gasteiger charge is -2.04. The highest BCUT2D eigenvalue weighted by molar-refractivity contribution is 9.28. The Morgan fingerprint density at radius 2 is 1.88 bits per heavy atom. The number of halogens is 3. The molecule has 0 fully saturated rings. The first-order valence-electron chi connectivity index (χ1n) is 5.12. The molecule has 1 nitrogen and oxygen atoms in total. The van der Waals surface area contributed by atoms with Gasteiger partial charge in [0.05, 0.1) is 16.6 Å². The van der Waals surface area contributed by atoms with Gasteiger partial charge in [-0.3, -0.25) is 0 Å². The molecule has 0 saturated heterocycles. The van der Waals surface area contributed by atoms with E-state index in [9.17, 15) is 0 Å². The molecule has 1 aromatic carbocycles. The molecule has 0 spiro atoms. The fourth-order valence-electron chi connectivity index (χ4n) is 1.14. The van der Waals surface area contributed by atoms with E-state index in [0.29, 0.717) is 13.2 Å². The summed E-state index contributed by atoms with van der Waals surface area (Å²) in [5.41, 5.74) is 2.34. The van der Waals surface area contributed by atoms with Crippen LogP contribution in [0.3, 0.4) is 0 Å². The Bertz CT molecular complexity index is 381. The smallest absolute Gasteiger partial charge is 0.0708 e. The number of alkyl halides is 1. The second-order valence-corrected chi connectivity index (χ2v) is 6.54. The normalized spacial score (nSPS) is 10.8. The zero-order valence-electron chi connectivity index (χ0n) is 9.20. The van der Waals surface area contributed by atoms with Gasteiger partial charge in [-0.2, -0.15) is 0 Å². The summed E-state index contributed by atoms with van der Waals surface area (Å²) in [6, 6.07) is 10.2. The van der Waals surface area contributed by atoms with Gasteiger partial charge in [-0.15, -0.1) is 0 Å². The number of hydrogen-bond donors (Lipinski definition) is 0. The van der Waals surface area contributed by atoms with Crippen molar-refractivity contribution in [3.63, 3.8) is 0 Å². The standard InChI is InChI=1S/C13H13Br3O/c14-9-12(13(15)16)10-17-8-4-7-11-5-2-1-3-6-11/h1-7H,8-10H2/b7-4+. The van der Waals surface area contributed by atoms with Crippen LogP contribution in [0.15, 0.2) is 45.4 Å². The van der Waals surface area contributed by atoms with Gasteiger partial charge in [0, 0.05) is 5.33 Å². The molecular weight excluding hydrogens is 412 g/mol. The second-order valence-electron chi connectivity index (χ2n) is 3.33. The van der Waals surface area contributed by atoms with Crippen LogP contribution in [0.4, 0.5) is 0 Å². The molecule has 1 aromatic rings. The number of ether oxygens (including phenoxy) is 1. The third-order valence-corrected chi connectivity index (χ3v) is 3.83. The number of rotatable bonds is 6. The quantitative estimate of drug-likeness (QED) is 0.455. The molecule has 0 aliphatic carbocycles. The van der Waals surface area contributed by atoms with Gasteiger partial charge in [0.15, 0.2) is 0 Å². The zero-order valence-corrected chi connectivity index (χ0v) is 14.0. The van der Waals surface area contributed by atoms with Crippen LogP contribution in [0.1, 0.15) is 5.56 Å². The average molecular weight is 425 g/mol. The molecule has 0 radical (unpaired) electrons. The van der Waals surface area contributed by atoms with Crippen LogP contribution < -0.4 is 0 Å². The highest BCUT2D eigenvalue weighted by atomic mass is 79.9. The summed E-state index contributed by atoms with van der Waals surface area (Å²) >= 11 is 10.2. The van der Waals surface area contributed by atoms with E-state index in [1.807, 2.05) is 24.3 Å². The van der Waals surface area contributed by atoms with Crippen molar-refractivity contribution in [1.29, 1.82) is 0 Å². The highest BCUT2D eigenvalue weighted by Crippen LogP contribution is 2.20. The molecular formula is C13H13Br3O. The van der Waals surface area contributed by atoms with Gasteiger partial charge in [0.25, 0.3) is 0 Å². The summed E-state index contributed by atoms with van der Waals surface area (Å²) in [5.74, 6) is 0. The summed E-state index contributed by atoms with van der Waals surface area (Å²) in [7, 11) is 0. The molecule has 0 unspecified atom stereocenters. The van der Waals surface area contributed by atoms with Crippen molar-refractivity contribution in [3.8, 4) is 0 Å². The molecule has 0 amide bonds. The van der Waals surface area contributed by atoms with Gasteiger partial charge in [-0.05, 0) is 43.0 Å².